The molecule has 0 saturated carbocycles. The Hall–Kier alpha value is -3.18. The molecule has 1 unspecified atom stereocenters. The van der Waals surface area contributed by atoms with Gasteiger partial charge in [0.25, 0.3) is 0 Å². The Labute approximate surface area is 178 Å². The van der Waals surface area contributed by atoms with Crippen LogP contribution in [0.3, 0.4) is 0 Å². The molecule has 1 atom stereocenters. The van der Waals surface area contributed by atoms with E-state index < -0.39 is 0 Å². The summed E-state index contributed by atoms with van der Waals surface area (Å²) in [7, 11) is 1.77. The van der Waals surface area contributed by atoms with Gasteiger partial charge >= 0.3 is 0 Å². The van der Waals surface area contributed by atoms with Crippen LogP contribution in [0.1, 0.15) is 29.7 Å². The van der Waals surface area contributed by atoms with Crippen molar-refractivity contribution in [2.24, 2.45) is 0 Å². The molecule has 5 nitrogen and oxygen atoms in total. The molecule has 3 aromatic carbocycles. The Morgan fingerprint density at radius 3 is 2.37 bits per heavy atom. The number of nitrogens with one attached hydrogen (secondary N) is 2. The van der Waals surface area contributed by atoms with E-state index in [1.165, 1.54) is 5.39 Å². The summed E-state index contributed by atoms with van der Waals surface area (Å²) in [5, 5.41) is 8.27. The third kappa shape index (κ3) is 5.45. The smallest absolute Gasteiger partial charge is 0.238 e. The van der Waals surface area contributed by atoms with Crippen LogP contribution in [-0.2, 0) is 9.59 Å². The first-order valence-corrected chi connectivity index (χ1v) is 10.2. The van der Waals surface area contributed by atoms with E-state index in [0.717, 1.165) is 27.8 Å². The molecule has 0 aliphatic carbocycles. The van der Waals surface area contributed by atoms with Gasteiger partial charge in [-0.15, -0.1) is 0 Å². The van der Waals surface area contributed by atoms with Gasteiger partial charge in [-0.05, 0) is 67.4 Å². The highest BCUT2D eigenvalue weighted by Crippen LogP contribution is 2.20. The van der Waals surface area contributed by atoms with Gasteiger partial charge in [-0.3, -0.25) is 14.5 Å². The lowest BCUT2D eigenvalue weighted by Crippen LogP contribution is -2.39. The van der Waals surface area contributed by atoms with E-state index in [2.05, 4.69) is 34.9 Å². The molecule has 0 fully saturated rings. The number of aryl methyl sites for hydroxylation is 1. The number of fused-ring (bicyclic) bond motifs is 1. The van der Waals surface area contributed by atoms with E-state index >= 15 is 0 Å². The predicted molar refractivity (Wildman–Crippen MR) is 123 cm³/mol. The maximum absolute atomic E-state index is 12.5. The average Bonchev–Trinajstić information content (AvgIpc) is 2.70. The Morgan fingerprint density at radius 1 is 0.900 bits per heavy atom. The molecule has 3 rings (SSSR count). The number of hydrogen-bond acceptors (Lipinski definition) is 3. The van der Waals surface area contributed by atoms with Gasteiger partial charge in [0, 0.05) is 5.69 Å². The minimum Gasteiger partial charge on any atom is -0.348 e. The maximum Gasteiger partial charge on any atom is 0.238 e. The lowest BCUT2D eigenvalue weighted by molar-refractivity contribution is -0.123. The fraction of sp³-hybridized carbons (Fsp3) is 0.280. The lowest BCUT2D eigenvalue weighted by Gasteiger charge is -2.19. The van der Waals surface area contributed by atoms with Crippen molar-refractivity contribution in [3.63, 3.8) is 0 Å². The van der Waals surface area contributed by atoms with Gasteiger partial charge in [0.05, 0.1) is 19.1 Å². The van der Waals surface area contributed by atoms with Gasteiger partial charge in [-0.25, -0.2) is 0 Å². The molecule has 0 bridgehead atoms. The minimum absolute atomic E-state index is 0.112. The SMILES string of the molecule is Cc1cccc(NC(=O)CN(C)CC(=O)NC(C)c2ccc3ccccc3c2)c1C. The maximum atomic E-state index is 12.5. The number of amides is 2. The van der Waals surface area contributed by atoms with Crippen molar-refractivity contribution in [1.82, 2.24) is 10.2 Å². The summed E-state index contributed by atoms with van der Waals surface area (Å²) in [6.07, 6.45) is 0. The van der Waals surface area contributed by atoms with Crippen molar-refractivity contribution < 1.29 is 9.59 Å². The highest BCUT2D eigenvalue weighted by molar-refractivity contribution is 5.93. The number of rotatable bonds is 7. The molecule has 3 aromatic rings. The molecule has 156 valence electrons. The van der Waals surface area contributed by atoms with E-state index in [-0.39, 0.29) is 30.9 Å². The van der Waals surface area contributed by atoms with Crippen molar-refractivity contribution in [1.29, 1.82) is 0 Å². The fourth-order valence-corrected chi connectivity index (χ4v) is 3.47. The molecular weight excluding hydrogens is 374 g/mol. The van der Waals surface area contributed by atoms with Crippen LogP contribution < -0.4 is 10.6 Å². The van der Waals surface area contributed by atoms with E-state index in [9.17, 15) is 9.59 Å². The van der Waals surface area contributed by atoms with Crippen LogP contribution in [0.4, 0.5) is 5.69 Å². The second-order valence-corrected chi connectivity index (χ2v) is 7.86. The fourth-order valence-electron chi connectivity index (χ4n) is 3.47. The van der Waals surface area contributed by atoms with Crippen LogP contribution in [0, 0.1) is 13.8 Å². The molecule has 0 aliphatic rings. The van der Waals surface area contributed by atoms with Crippen LogP contribution in [0.5, 0.6) is 0 Å². The Kier molecular flexibility index (Phi) is 6.85. The Bertz CT molecular complexity index is 1060. The quantitative estimate of drug-likeness (QED) is 0.621. The summed E-state index contributed by atoms with van der Waals surface area (Å²) in [5.41, 5.74) is 4.04. The van der Waals surface area contributed by atoms with E-state index in [1.54, 1.807) is 11.9 Å². The van der Waals surface area contributed by atoms with Gasteiger partial charge in [0.1, 0.15) is 0 Å². The highest BCUT2D eigenvalue weighted by atomic mass is 16.2. The second kappa shape index (κ2) is 9.55. The largest absolute Gasteiger partial charge is 0.348 e. The molecule has 0 aliphatic heterocycles. The summed E-state index contributed by atoms with van der Waals surface area (Å²) in [4.78, 5) is 26.5. The van der Waals surface area contributed by atoms with Crippen molar-refractivity contribution in [3.8, 4) is 0 Å². The van der Waals surface area contributed by atoms with Gasteiger partial charge in [0.2, 0.25) is 11.8 Å². The number of likely N-dealkylation sites (N-methyl/N-ethyl adjacent to an activating group) is 1. The molecule has 0 spiro atoms. The molecule has 0 saturated heterocycles. The summed E-state index contributed by atoms with van der Waals surface area (Å²) >= 11 is 0. The molecule has 0 aromatic heterocycles. The number of hydrogen-bond donors (Lipinski definition) is 2. The molecule has 0 radical (unpaired) electrons. The number of nitrogens with zero attached hydrogens (tertiary/aromatic N) is 1. The zero-order valence-electron chi connectivity index (χ0n) is 18.0. The van der Waals surface area contributed by atoms with Crippen LogP contribution in [-0.4, -0.2) is 36.9 Å². The topological polar surface area (TPSA) is 61.4 Å². The summed E-state index contributed by atoms with van der Waals surface area (Å²) in [6, 6.07) is 20.1. The summed E-state index contributed by atoms with van der Waals surface area (Å²) < 4.78 is 0. The number of carbonyl (C=O) groups is 2. The van der Waals surface area contributed by atoms with E-state index in [1.807, 2.05) is 57.2 Å². The third-order valence-corrected chi connectivity index (χ3v) is 5.36. The summed E-state index contributed by atoms with van der Waals surface area (Å²) in [5.74, 6) is -0.251. The monoisotopic (exact) mass is 403 g/mol. The van der Waals surface area contributed by atoms with E-state index in [0.29, 0.717) is 0 Å². The van der Waals surface area contributed by atoms with Crippen molar-refractivity contribution in [3.05, 3.63) is 77.4 Å². The first kappa shape index (κ1) is 21.5. The number of carbonyl (C=O) groups excluding carboxylic acids is 2. The van der Waals surface area contributed by atoms with Crippen LogP contribution in [0.2, 0.25) is 0 Å². The Morgan fingerprint density at radius 2 is 1.60 bits per heavy atom. The highest BCUT2D eigenvalue weighted by Gasteiger charge is 2.15. The normalized spacial score (nSPS) is 12.0. The van der Waals surface area contributed by atoms with Crippen molar-refractivity contribution in [2.75, 3.05) is 25.5 Å². The summed E-state index contributed by atoms with van der Waals surface area (Å²) in [6.45, 7) is 6.26. The average molecular weight is 404 g/mol. The van der Waals surface area contributed by atoms with E-state index in [4.69, 9.17) is 0 Å². The van der Waals surface area contributed by atoms with Crippen LogP contribution in [0.15, 0.2) is 60.7 Å². The molecule has 5 heteroatoms. The standard InChI is InChI=1S/C25H29N3O2/c1-17-8-7-11-23(18(17)2)27-25(30)16-28(4)15-24(29)26-19(3)21-13-12-20-9-5-6-10-22(20)14-21/h5-14,19H,15-16H2,1-4H3,(H,26,29)(H,27,30). The molecule has 30 heavy (non-hydrogen) atoms. The lowest BCUT2D eigenvalue weighted by atomic mass is 10.0. The molecule has 2 N–H and O–H groups in total. The van der Waals surface area contributed by atoms with Crippen molar-refractivity contribution in [2.45, 2.75) is 26.8 Å². The van der Waals surface area contributed by atoms with Gasteiger partial charge < -0.3 is 10.6 Å². The van der Waals surface area contributed by atoms with Crippen molar-refractivity contribution >= 4 is 28.3 Å². The Balaban J connectivity index is 1.52. The number of benzene rings is 3. The molecule has 0 heterocycles. The van der Waals surface area contributed by atoms with Gasteiger partial charge in [-0.2, -0.15) is 0 Å². The van der Waals surface area contributed by atoms with Crippen LogP contribution >= 0.6 is 0 Å². The zero-order valence-corrected chi connectivity index (χ0v) is 18.0. The number of anilines is 1. The molecule has 2 amide bonds. The molecular formula is C25H29N3O2. The first-order chi connectivity index (χ1) is 14.3. The van der Waals surface area contributed by atoms with Crippen LogP contribution in [0.25, 0.3) is 10.8 Å². The third-order valence-electron chi connectivity index (χ3n) is 5.36. The second-order valence-electron chi connectivity index (χ2n) is 7.86. The zero-order chi connectivity index (χ0) is 21.7. The van der Waals surface area contributed by atoms with Gasteiger partial charge in [-0.1, -0.05) is 48.5 Å². The van der Waals surface area contributed by atoms with Gasteiger partial charge in [0.15, 0.2) is 0 Å². The predicted octanol–water partition coefficient (Wildman–Crippen LogP) is 4.20. The first-order valence-electron chi connectivity index (χ1n) is 10.2. The minimum atomic E-state index is -0.137.